The number of aromatic hydroxyl groups is 2. The Morgan fingerprint density at radius 2 is 0.935 bits per heavy atom. The van der Waals surface area contributed by atoms with Gasteiger partial charge in [0, 0.05) is 0 Å². The first-order chi connectivity index (χ1) is 15.1. The second-order valence-electron chi connectivity index (χ2n) is 7.59. The lowest BCUT2D eigenvalue weighted by molar-refractivity contribution is 0.475. The predicted molar refractivity (Wildman–Crippen MR) is 117 cm³/mol. The minimum atomic E-state index is -0.814. The number of phenols is 2. The molecule has 0 spiro atoms. The largest absolute Gasteiger partial charge is 0.508 e. The van der Waals surface area contributed by atoms with Crippen molar-refractivity contribution < 1.29 is 10.2 Å². The summed E-state index contributed by atoms with van der Waals surface area (Å²) in [6.07, 6.45) is 0. The van der Waals surface area contributed by atoms with Gasteiger partial charge in [-0.15, -0.1) is 0 Å². The Morgan fingerprint density at radius 1 is 0.548 bits per heavy atom. The molecule has 4 aromatic rings. The molecular formula is C27H16N2O2. The summed E-state index contributed by atoms with van der Waals surface area (Å²) in [4.78, 5) is 0. The first kappa shape index (κ1) is 18.5. The molecule has 4 nitrogen and oxygen atoms in total. The van der Waals surface area contributed by atoms with Gasteiger partial charge in [0.1, 0.15) is 11.5 Å². The molecule has 1 aliphatic rings. The Morgan fingerprint density at radius 3 is 1.29 bits per heavy atom. The van der Waals surface area contributed by atoms with Crippen LogP contribution in [-0.4, -0.2) is 10.2 Å². The van der Waals surface area contributed by atoms with Crippen molar-refractivity contribution in [2.45, 2.75) is 5.41 Å². The van der Waals surface area contributed by atoms with Crippen LogP contribution in [0, 0.1) is 22.7 Å². The quantitative estimate of drug-likeness (QED) is 0.426. The number of fused-ring (bicyclic) bond motifs is 3. The summed E-state index contributed by atoms with van der Waals surface area (Å²) < 4.78 is 0. The van der Waals surface area contributed by atoms with E-state index in [0.29, 0.717) is 11.1 Å². The zero-order valence-electron chi connectivity index (χ0n) is 16.4. The average Bonchev–Trinajstić information content (AvgIpc) is 3.09. The van der Waals surface area contributed by atoms with Crippen molar-refractivity contribution in [1.82, 2.24) is 0 Å². The molecule has 2 N–H and O–H groups in total. The maximum absolute atomic E-state index is 9.93. The van der Waals surface area contributed by atoms with Gasteiger partial charge in [0.2, 0.25) is 0 Å². The number of benzene rings is 4. The predicted octanol–water partition coefficient (Wildman–Crippen LogP) is 5.20. The highest BCUT2D eigenvalue weighted by Gasteiger charge is 2.46. The van der Waals surface area contributed by atoms with Crippen molar-refractivity contribution in [2.75, 3.05) is 0 Å². The van der Waals surface area contributed by atoms with Crippen LogP contribution in [-0.2, 0) is 5.41 Å². The number of phenolic OH excluding ortho intramolecular Hbond substituents is 2. The lowest BCUT2D eigenvalue weighted by Gasteiger charge is -2.34. The second-order valence-corrected chi connectivity index (χ2v) is 7.59. The summed E-state index contributed by atoms with van der Waals surface area (Å²) in [5, 5.41) is 39.0. The van der Waals surface area contributed by atoms with E-state index in [4.69, 9.17) is 0 Å². The zero-order valence-corrected chi connectivity index (χ0v) is 16.4. The van der Waals surface area contributed by atoms with Crippen LogP contribution >= 0.6 is 0 Å². The van der Waals surface area contributed by atoms with Crippen molar-refractivity contribution in [3.63, 3.8) is 0 Å². The van der Waals surface area contributed by atoms with Gasteiger partial charge >= 0.3 is 0 Å². The molecule has 0 atom stereocenters. The molecule has 5 rings (SSSR count). The Hall–Kier alpha value is -4.54. The van der Waals surface area contributed by atoms with Crippen LogP contribution in [0.1, 0.15) is 33.4 Å². The topological polar surface area (TPSA) is 88.0 Å². The molecule has 0 amide bonds. The second kappa shape index (κ2) is 6.76. The minimum absolute atomic E-state index is 0.152. The number of rotatable bonds is 2. The number of nitriles is 2. The van der Waals surface area contributed by atoms with E-state index in [-0.39, 0.29) is 11.5 Å². The molecule has 31 heavy (non-hydrogen) atoms. The van der Waals surface area contributed by atoms with E-state index in [0.717, 1.165) is 33.4 Å². The van der Waals surface area contributed by atoms with Crippen LogP contribution in [0.15, 0.2) is 84.9 Å². The molecule has 146 valence electrons. The van der Waals surface area contributed by atoms with Crippen LogP contribution in [0.4, 0.5) is 0 Å². The van der Waals surface area contributed by atoms with E-state index in [1.54, 1.807) is 36.4 Å². The Balaban J connectivity index is 1.98. The molecule has 4 heteroatoms. The molecule has 0 bridgehead atoms. The number of nitrogens with zero attached hydrogens (tertiary/aromatic N) is 2. The summed E-state index contributed by atoms with van der Waals surface area (Å²) >= 11 is 0. The van der Waals surface area contributed by atoms with E-state index in [1.165, 1.54) is 0 Å². The number of hydrogen-bond donors (Lipinski definition) is 2. The van der Waals surface area contributed by atoms with Crippen molar-refractivity contribution in [3.05, 3.63) is 118 Å². The maximum atomic E-state index is 9.93. The van der Waals surface area contributed by atoms with Gasteiger partial charge in [-0.25, -0.2) is 0 Å². The highest BCUT2D eigenvalue weighted by atomic mass is 16.3. The van der Waals surface area contributed by atoms with Crippen LogP contribution in [0.2, 0.25) is 0 Å². The van der Waals surface area contributed by atoms with Crippen molar-refractivity contribution in [1.29, 1.82) is 10.5 Å². The SMILES string of the molecule is N#Cc1ccc2c(c1)C(c1ccc(O)cc1)(c1ccc(O)cc1)c1cc(C#N)ccc1-2. The van der Waals surface area contributed by atoms with Crippen LogP contribution < -0.4 is 0 Å². The van der Waals surface area contributed by atoms with Gasteiger partial charge in [-0.2, -0.15) is 10.5 Å². The van der Waals surface area contributed by atoms with Crippen molar-refractivity contribution in [3.8, 4) is 34.8 Å². The highest BCUT2D eigenvalue weighted by molar-refractivity contribution is 5.87. The molecular weight excluding hydrogens is 384 g/mol. The lowest BCUT2D eigenvalue weighted by atomic mass is 9.67. The maximum Gasteiger partial charge on any atom is 0.115 e. The molecule has 0 radical (unpaired) electrons. The molecule has 1 aliphatic carbocycles. The van der Waals surface area contributed by atoms with E-state index in [1.807, 2.05) is 48.5 Å². The van der Waals surface area contributed by atoms with Crippen LogP contribution in [0.5, 0.6) is 11.5 Å². The summed E-state index contributed by atoms with van der Waals surface area (Å²) in [7, 11) is 0. The fourth-order valence-corrected chi connectivity index (χ4v) is 4.67. The smallest absolute Gasteiger partial charge is 0.115 e. The van der Waals surface area contributed by atoms with E-state index in [2.05, 4.69) is 12.1 Å². The summed E-state index contributed by atoms with van der Waals surface area (Å²) in [5.41, 5.74) is 5.86. The highest BCUT2D eigenvalue weighted by Crippen LogP contribution is 2.56. The van der Waals surface area contributed by atoms with Gasteiger partial charge in [-0.1, -0.05) is 36.4 Å². The first-order valence-corrected chi connectivity index (χ1v) is 9.76. The van der Waals surface area contributed by atoms with Crippen molar-refractivity contribution >= 4 is 0 Å². The fourth-order valence-electron chi connectivity index (χ4n) is 4.67. The average molecular weight is 400 g/mol. The zero-order chi connectivity index (χ0) is 21.6. The molecule has 0 saturated heterocycles. The van der Waals surface area contributed by atoms with Crippen LogP contribution in [0.3, 0.4) is 0 Å². The van der Waals surface area contributed by atoms with Crippen LogP contribution in [0.25, 0.3) is 11.1 Å². The molecule has 0 saturated carbocycles. The summed E-state index contributed by atoms with van der Waals surface area (Å²) in [5.74, 6) is 0.305. The molecule has 0 fully saturated rings. The normalized spacial score (nSPS) is 13.0. The monoisotopic (exact) mass is 400 g/mol. The lowest BCUT2D eigenvalue weighted by Crippen LogP contribution is -2.28. The molecule has 0 unspecified atom stereocenters. The third-order valence-electron chi connectivity index (χ3n) is 6.00. The van der Waals surface area contributed by atoms with Gasteiger partial charge in [0.05, 0.1) is 28.7 Å². The Bertz CT molecular complexity index is 1300. The first-order valence-electron chi connectivity index (χ1n) is 9.76. The van der Waals surface area contributed by atoms with Gasteiger partial charge in [-0.3, -0.25) is 0 Å². The third kappa shape index (κ3) is 2.60. The van der Waals surface area contributed by atoms with Gasteiger partial charge < -0.3 is 10.2 Å². The number of hydrogen-bond acceptors (Lipinski definition) is 4. The minimum Gasteiger partial charge on any atom is -0.508 e. The Kier molecular flexibility index (Phi) is 4.03. The van der Waals surface area contributed by atoms with Gasteiger partial charge in [0.25, 0.3) is 0 Å². The summed E-state index contributed by atoms with van der Waals surface area (Å²) in [6, 6.07) is 29.7. The fraction of sp³-hybridized carbons (Fsp3) is 0.0370. The molecule has 0 aliphatic heterocycles. The summed E-state index contributed by atoms with van der Waals surface area (Å²) in [6.45, 7) is 0. The Labute approximate surface area is 179 Å². The standard InChI is InChI=1S/C27H16N2O2/c28-15-17-1-11-23-24-12-2-18(16-29)14-26(24)27(25(23)13-17,19-3-7-21(30)8-4-19)20-5-9-22(31)10-6-20/h1-14,30-31H. The third-order valence-corrected chi connectivity index (χ3v) is 6.00. The van der Waals surface area contributed by atoms with Gasteiger partial charge in [-0.05, 0) is 81.9 Å². The van der Waals surface area contributed by atoms with Gasteiger partial charge in [0.15, 0.2) is 0 Å². The van der Waals surface area contributed by atoms with E-state index in [9.17, 15) is 20.7 Å². The van der Waals surface area contributed by atoms with E-state index >= 15 is 0 Å². The molecule has 0 heterocycles. The van der Waals surface area contributed by atoms with Crippen molar-refractivity contribution in [2.24, 2.45) is 0 Å². The molecule has 0 aromatic heterocycles. The van der Waals surface area contributed by atoms with E-state index < -0.39 is 5.41 Å². The molecule has 4 aromatic carbocycles.